The van der Waals surface area contributed by atoms with E-state index >= 15 is 0 Å². The molecule has 0 atom stereocenters. The average Bonchev–Trinajstić information content (AvgIpc) is 2.64. The Morgan fingerprint density at radius 1 is 1.08 bits per heavy atom. The first kappa shape index (κ1) is 19.8. The van der Waals surface area contributed by atoms with Gasteiger partial charge in [0.2, 0.25) is 0 Å². The summed E-state index contributed by atoms with van der Waals surface area (Å²) in [6, 6.07) is 15.3. The van der Waals surface area contributed by atoms with Gasteiger partial charge in [0.1, 0.15) is 0 Å². The number of amides is 1. The fourth-order valence-corrected chi connectivity index (χ4v) is 3.04. The van der Waals surface area contributed by atoms with Crippen molar-refractivity contribution in [3.63, 3.8) is 0 Å². The summed E-state index contributed by atoms with van der Waals surface area (Å²) < 4.78 is 29.0. The van der Waals surface area contributed by atoms with E-state index in [-0.39, 0.29) is 17.4 Å². The van der Waals surface area contributed by atoms with Crippen molar-refractivity contribution >= 4 is 22.2 Å². The highest BCUT2D eigenvalue weighted by atomic mass is 32.2. The summed E-state index contributed by atoms with van der Waals surface area (Å²) in [6.45, 7) is 2.00. The number of carbonyl (C=O) groups is 1. The second-order valence-electron chi connectivity index (χ2n) is 5.70. The molecule has 6 nitrogen and oxygen atoms in total. The quantitative estimate of drug-likeness (QED) is 0.316. The first-order valence-corrected chi connectivity index (χ1v) is 9.73. The molecule has 0 saturated carbocycles. The zero-order valence-corrected chi connectivity index (χ0v) is 15.4. The van der Waals surface area contributed by atoms with E-state index in [0.29, 0.717) is 24.8 Å². The SMILES string of the molecule is Cc1ccc(S(=O)(=O)OCCCC/C=N/NC(=O)c2ccccc2)cc1. The van der Waals surface area contributed by atoms with Crippen molar-refractivity contribution in [1.82, 2.24) is 5.43 Å². The van der Waals surface area contributed by atoms with E-state index in [2.05, 4.69) is 10.5 Å². The molecule has 0 heterocycles. The molecule has 0 spiro atoms. The monoisotopic (exact) mass is 374 g/mol. The molecule has 2 aromatic rings. The zero-order valence-electron chi connectivity index (χ0n) is 14.6. The lowest BCUT2D eigenvalue weighted by atomic mass is 10.2. The third-order valence-corrected chi connectivity index (χ3v) is 4.90. The van der Waals surface area contributed by atoms with Crippen molar-refractivity contribution in [2.75, 3.05) is 6.61 Å². The maximum atomic E-state index is 12.0. The molecule has 138 valence electrons. The predicted molar refractivity (Wildman–Crippen MR) is 101 cm³/mol. The van der Waals surface area contributed by atoms with Crippen LogP contribution in [0.15, 0.2) is 64.6 Å². The minimum atomic E-state index is -3.71. The Bertz CT molecular complexity index is 832. The molecule has 2 rings (SSSR count). The Kier molecular flexibility index (Phi) is 7.50. The Hall–Kier alpha value is -2.51. The van der Waals surface area contributed by atoms with E-state index in [1.54, 1.807) is 42.6 Å². The molecule has 26 heavy (non-hydrogen) atoms. The number of unbranched alkanes of at least 4 members (excludes halogenated alkanes) is 2. The summed E-state index contributed by atoms with van der Waals surface area (Å²) >= 11 is 0. The first-order valence-electron chi connectivity index (χ1n) is 8.32. The van der Waals surface area contributed by atoms with E-state index in [4.69, 9.17) is 4.18 Å². The third kappa shape index (κ3) is 6.42. The van der Waals surface area contributed by atoms with Crippen LogP contribution in [-0.4, -0.2) is 27.1 Å². The van der Waals surface area contributed by atoms with E-state index < -0.39 is 10.1 Å². The molecule has 0 unspecified atom stereocenters. The van der Waals surface area contributed by atoms with Crippen molar-refractivity contribution in [3.05, 3.63) is 65.7 Å². The Balaban J connectivity index is 1.63. The minimum Gasteiger partial charge on any atom is -0.267 e. The van der Waals surface area contributed by atoms with Crippen molar-refractivity contribution in [1.29, 1.82) is 0 Å². The number of rotatable bonds is 9. The summed E-state index contributed by atoms with van der Waals surface area (Å²) in [5.74, 6) is -0.269. The van der Waals surface area contributed by atoms with Gasteiger partial charge in [-0.05, 0) is 50.5 Å². The van der Waals surface area contributed by atoms with Gasteiger partial charge in [0.05, 0.1) is 11.5 Å². The van der Waals surface area contributed by atoms with Crippen LogP contribution in [0.3, 0.4) is 0 Å². The van der Waals surface area contributed by atoms with Gasteiger partial charge in [-0.2, -0.15) is 13.5 Å². The van der Waals surface area contributed by atoms with Gasteiger partial charge in [0, 0.05) is 11.8 Å². The minimum absolute atomic E-state index is 0.112. The largest absolute Gasteiger partial charge is 0.296 e. The van der Waals surface area contributed by atoms with Crippen LogP contribution in [0.1, 0.15) is 35.2 Å². The molecular formula is C19H22N2O4S. The van der Waals surface area contributed by atoms with Crippen LogP contribution < -0.4 is 5.43 Å². The van der Waals surface area contributed by atoms with Gasteiger partial charge in [-0.1, -0.05) is 35.9 Å². The van der Waals surface area contributed by atoms with E-state index in [1.807, 2.05) is 13.0 Å². The van der Waals surface area contributed by atoms with Crippen LogP contribution in [0, 0.1) is 6.92 Å². The molecule has 0 radical (unpaired) electrons. The Morgan fingerprint density at radius 3 is 2.46 bits per heavy atom. The topological polar surface area (TPSA) is 84.8 Å². The van der Waals surface area contributed by atoms with Crippen LogP contribution in [-0.2, 0) is 14.3 Å². The second-order valence-corrected chi connectivity index (χ2v) is 7.32. The summed E-state index contributed by atoms with van der Waals surface area (Å²) in [7, 11) is -3.71. The first-order chi connectivity index (χ1) is 12.5. The van der Waals surface area contributed by atoms with Gasteiger partial charge in [0.25, 0.3) is 16.0 Å². The number of aryl methyl sites for hydroxylation is 1. The van der Waals surface area contributed by atoms with Crippen molar-refractivity contribution < 1.29 is 17.4 Å². The van der Waals surface area contributed by atoms with Gasteiger partial charge in [0.15, 0.2) is 0 Å². The molecule has 2 aromatic carbocycles. The van der Waals surface area contributed by atoms with Crippen LogP contribution in [0.5, 0.6) is 0 Å². The fraction of sp³-hybridized carbons (Fsp3) is 0.263. The highest BCUT2D eigenvalue weighted by Gasteiger charge is 2.14. The average molecular weight is 374 g/mol. The van der Waals surface area contributed by atoms with Crippen molar-refractivity contribution in [2.45, 2.75) is 31.1 Å². The van der Waals surface area contributed by atoms with Crippen LogP contribution in [0.25, 0.3) is 0 Å². The molecule has 1 amide bonds. The van der Waals surface area contributed by atoms with Gasteiger partial charge < -0.3 is 0 Å². The van der Waals surface area contributed by atoms with Crippen LogP contribution in [0.2, 0.25) is 0 Å². The number of hydrogen-bond donors (Lipinski definition) is 1. The second kappa shape index (κ2) is 9.84. The summed E-state index contributed by atoms with van der Waals surface area (Å²) in [5, 5.41) is 3.87. The van der Waals surface area contributed by atoms with Crippen LogP contribution >= 0.6 is 0 Å². The molecule has 1 N–H and O–H groups in total. The number of benzene rings is 2. The Morgan fingerprint density at radius 2 is 1.77 bits per heavy atom. The normalized spacial score (nSPS) is 11.6. The lowest BCUT2D eigenvalue weighted by Gasteiger charge is -2.05. The molecule has 0 aliphatic heterocycles. The van der Waals surface area contributed by atoms with E-state index in [9.17, 15) is 13.2 Å². The van der Waals surface area contributed by atoms with Crippen molar-refractivity contribution in [2.24, 2.45) is 5.10 Å². The highest BCUT2D eigenvalue weighted by Crippen LogP contribution is 2.13. The number of nitrogens with one attached hydrogen (secondary N) is 1. The lowest BCUT2D eigenvalue weighted by molar-refractivity contribution is 0.0955. The van der Waals surface area contributed by atoms with Gasteiger partial charge in [-0.3, -0.25) is 8.98 Å². The molecular weight excluding hydrogens is 352 g/mol. The zero-order chi connectivity index (χ0) is 18.8. The van der Waals surface area contributed by atoms with Crippen molar-refractivity contribution in [3.8, 4) is 0 Å². The standard InChI is InChI=1S/C19H22N2O4S/c1-16-10-12-18(13-11-16)26(23,24)25-15-7-3-6-14-20-21-19(22)17-8-4-2-5-9-17/h2,4-5,8-14H,3,6-7,15H2,1H3,(H,21,22)/b20-14+. The third-order valence-electron chi connectivity index (χ3n) is 3.57. The molecule has 0 bridgehead atoms. The molecule has 7 heteroatoms. The molecule has 0 saturated heterocycles. The molecule has 0 aromatic heterocycles. The molecule has 0 aliphatic rings. The fourth-order valence-electron chi connectivity index (χ4n) is 2.10. The van der Waals surface area contributed by atoms with Gasteiger partial charge >= 0.3 is 0 Å². The van der Waals surface area contributed by atoms with Crippen LogP contribution in [0.4, 0.5) is 0 Å². The predicted octanol–water partition coefficient (Wildman–Crippen LogP) is 3.29. The Labute approximate surface area is 154 Å². The lowest BCUT2D eigenvalue weighted by Crippen LogP contribution is -2.17. The molecule has 0 aliphatic carbocycles. The molecule has 0 fully saturated rings. The highest BCUT2D eigenvalue weighted by molar-refractivity contribution is 7.86. The van der Waals surface area contributed by atoms with Gasteiger partial charge in [-0.15, -0.1) is 0 Å². The number of carbonyl (C=O) groups excluding carboxylic acids is 1. The number of hydrogen-bond acceptors (Lipinski definition) is 5. The van der Waals surface area contributed by atoms with Gasteiger partial charge in [-0.25, -0.2) is 5.43 Å². The van der Waals surface area contributed by atoms with E-state index in [0.717, 1.165) is 5.56 Å². The van der Waals surface area contributed by atoms with E-state index in [1.165, 1.54) is 12.1 Å². The summed E-state index contributed by atoms with van der Waals surface area (Å²) in [4.78, 5) is 11.9. The summed E-state index contributed by atoms with van der Waals surface area (Å²) in [5.41, 5.74) is 3.97. The maximum absolute atomic E-state index is 12.0. The maximum Gasteiger partial charge on any atom is 0.296 e. The number of nitrogens with zero attached hydrogens (tertiary/aromatic N) is 1. The number of hydrazone groups is 1. The smallest absolute Gasteiger partial charge is 0.267 e. The summed E-state index contributed by atoms with van der Waals surface area (Å²) in [6.07, 6.45) is 3.48.